The molecule has 110 valence electrons. The van der Waals surface area contributed by atoms with Crippen LogP contribution in [0.15, 0.2) is 30.3 Å². The van der Waals surface area contributed by atoms with Gasteiger partial charge in [0.05, 0.1) is 6.61 Å². The van der Waals surface area contributed by atoms with E-state index in [0.29, 0.717) is 37.1 Å². The second-order valence-electron chi connectivity index (χ2n) is 4.58. The molecule has 5 nitrogen and oxygen atoms in total. The predicted molar refractivity (Wildman–Crippen MR) is 77.6 cm³/mol. The molecule has 20 heavy (non-hydrogen) atoms. The van der Waals surface area contributed by atoms with E-state index in [0.717, 1.165) is 6.42 Å². The van der Waals surface area contributed by atoms with Crippen molar-refractivity contribution in [2.24, 2.45) is 5.73 Å². The van der Waals surface area contributed by atoms with Gasteiger partial charge in [-0.2, -0.15) is 0 Å². The van der Waals surface area contributed by atoms with Crippen LogP contribution in [0.5, 0.6) is 0 Å². The van der Waals surface area contributed by atoms with Gasteiger partial charge in [-0.25, -0.2) is 4.79 Å². The molecule has 0 bridgehead atoms. The van der Waals surface area contributed by atoms with Gasteiger partial charge in [-0.3, -0.25) is 0 Å². The largest absolute Gasteiger partial charge is 0.464 e. The van der Waals surface area contributed by atoms with E-state index in [1.165, 1.54) is 0 Å². The van der Waals surface area contributed by atoms with Crippen LogP contribution in [-0.4, -0.2) is 29.9 Å². The molecule has 0 spiro atoms. The summed E-state index contributed by atoms with van der Waals surface area (Å²) in [7, 11) is 0. The minimum atomic E-state index is -1.24. The van der Waals surface area contributed by atoms with Gasteiger partial charge in [0, 0.05) is 5.71 Å². The van der Waals surface area contributed by atoms with Gasteiger partial charge in [-0.1, -0.05) is 30.3 Å². The van der Waals surface area contributed by atoms with Crippen LogP contribution in [0.2, 0.25) is 0 Å². The number of esters is 1. The highest BCUT2D eigenvalue weighted by molar-refractivity contribution is 5.81. The molecule has 1 aromatic carbocycles. The Hall–Kier alpha value is -1.72. The fourth-order valence-corrected chi connectivity index (χ4v) is 1.75. The van der Waals surface area contributed by atoms with Crippen molar-refractivity contribution in [3.05, 3.63) is 35.9 Å². The lowest BCUT2D eigenvalue weighted by molar-refractivity contribution is -0.154. The van der Waals surface area contributed by atoms with Gasteiger partial charge in [0.2, 0.25) is 0 Å². The highest BCUT2D eigenvalue weighted by Gasteiger charge is 2.18. The van der Waals surface area contributed by atoms with Crippen molar-refractivity contribution >= 4 is 11.7 Å². The van der Waals surface area contributed by atoms with E-state index in [9.17, 15) is 9.90 Å². The molecule has 0 radical (unpaired) electrons. The Kier molecular flexibility index (Phi) is 7.54. The van der Waals surface area contributed by atoms with Gasteiger partial charge in [0.1, 0.15) is 0 Å². The topological polar surface area (TPSA) is 96.4 Å². The lowest BCUT2D eigenvalue weighted by Gasteiger charge is -2.11. The Morgan fingerprint density at radius 3 is 2.55 bits per heavy atom. The lowest BCUT2D eigenvalue weighted by atomic mass is 10.1. The number of aliphatic hydroxyl groups excluding tert-OH is 1. The molecule has 4 N–H and O–H groups in total. The van der Waals surface area contributed by atoms with E-state index in [2.05, 4.69) is 0 Å². The van der Waals surface area contributed by atoms with Gasteiger partial charge in [0.15, 0.2) is 6.10 Å². The normalized spacial score (nSPS) is 11.9. The third-order valence-corrected chi connectivity index (χ3v) is 2.89. The number of nitrogens with one attached hydrogen (secondary N) is 1. The van der Waals surface area contributed by atoms with Crippen molar-refractivity contribution in [3.63, 3.8) is 0 Å². The maximum atomic E-state index is 11.6. The maximum absolute atomic E-state index is 11.6. The van der Waals surface area contributed by atoms with E-state index in [4.69, 9.17) is 15.9 Å². The Labute approximate surface area is 119 Å². The summed E-state index contributed by atoms with van der Waals surface area (Å²) in [6, 6.07) is 8.67. The molecule has 0 aliphatic heterocycles. The molecule has 1 rings (SSSR count). The first-order chi connectivity index (χ1) is 9.65. The molecule has 0 fully saturated rings. The first kappa shape index (κ1) is 16.3. The first-order valence-electron chi connectivity index (χ1n) is 6.81. The molecule has 0 aromatic heterocycles. The zero-order chi connectivity index (χ0) is 14.8. The quantitative estimate of drug-likeness (QED) is 0.364. The minimum absolute atomic E-state index is 0.216. The molecule has 5 heteroatoms. The molecule has 0 heterocycles. The summed E-state index contributed by atoms with van der Waals surface area (Å²) in [5, 5.41) is 17.4. The van der Waals surface area contributed by atoms with E-state index < -0.39 is 12.1 Å². The van der Waals surface area contributed by atoms with Gasteiger partial charge in [-0.05, 0) is 37.8 Å². The zero-order valence-corrected chi connectivity index (χ0v) is 11.5. The summed E-state index contributed by atoms with van der Waals surface area (Å²) in [5.41, 5.74) is 6.51. The minimum Gasteiger partial charge on any atom is -0.464 e. The number of hydrogen-bond acceptors (Lipinski definition) is 5. The summed E-state index contributed by atoms with van der Waals surface area (Å²) >= 11 is 0. The highest BCUT2D eigenvalue weighted by atomic mass is 16.5. The van der Waals surface area contributed by atoms with Crippen LogP contribution in [0.3, 0.4) is 0 Å². The molecule has 0 saturated heterocycles. The van der Waals surface area contributed by atoms with E-state index in [1.54, 1.807) is 24.3 Å². The van der Waals surface area contributed by atoms with Crippen molar-refractivity contribution in [2.75, 3.05) is 13.2 Å². The number of hydrogen-bond donors (Lipinski definition) is 3. The molecular formula is C15H22N2O3. The molecule has 0 saturated carbocycles. The lowest BCUT2D eigenvalue weighted by Crippen LogP contribution is -2.16. The van der Waals surface area contributed by atoms with Crippen LogP contribution in [0.4, 0.5) is 0 Å². The zero-order valence-electron chi connectivity index (χ0n) is 11.5. The standard InChI is InChI=1S/C15H22N2O3/c16-10-4-8-13(17)9-5-11-20-15(19)14(18)12-6-2-1-3-7-12/h1-3,6-7,14,17-18H,4-5,8-11,16H2/t14-/m1/s1. The van der Waals surface area contributed by atoms with Crippen LogP contribution in [0, 0.1) is 5.41 Å². The third-order valence-electron chi connectivity index (χ3n) is 2.89. The van der Waals surface area contributed by atoms with Crippen LogP contribution >= 0.6 is 0 Å². The molecular weight excluding hydrogens is 256 g/mol. The average Bonchev–Trinajstić information content (AvgIpc) is 2.49. The second kappa shape index (κ2) is 9.23. The molecule has 1 aromatic rings. The molecule has 0 aliphatic carbocycles. The smallest absolute Gasteiger partial charge is 0.339 e. The number of nitrogens with two attached hydrogens (primary N) is 1. The summed E-state index contributed by atoms with van der Waals surface area (Å²) < 4.78 is 5.00. The maximum Gasteiger partial charge on any atom is 0.339 e. The van der Waals surface area contributed by atoms with Crippen LogP contribution in [-0.2, 0) is 9.53 Å². The van der Waals surface area contributed by atoms with Crippen LogP contribution in [0.1, 0.15) is 37.4 Å². The Morgan fingerprint density at radius 2 is 1.90 bits per heavy atom. The van der Waals surface area contributed by atoms with Crippen molar-refractivity contribution in [3.8, 4) is 0 Å². The van der Waals surface area contributed by atoms with E-state index >= 15 is 0 Å². The van der Waals surface area contributed by atoms with Crippen LogP contribution in [0.25, 0.3) is 0 Å². The number of ether oxygens (including phenoxy) is 1. The van der Waals surface area contributed by atoms with Crippen LogP contribution < -0.4 is 5.73 Å². The van der Waals surface area contributed by atoms with Crippen molar-refractivity contribution in [2.45, 2.75) is 31.8 Å². The first-order valence-corrected chi connectivity index (χ1v) is 6.81. The fourth-order valence-electron chi connectivity index (χ4n) is 1.75. The Balaban J connectivity index is 2.22. The summed E-state index contributed by atoms with van der Waals surface area (Å²) in [5.74, 6) is -0.648. The van der Waals surface area contributed by atoms with E-state index in [-0.39, 0.29) is 6.61 Å². The number of rotatable bonds is 9. The van der Waals surface area contributed by atoms with Crippen molar-refractivity contribution in [1.82, 2.24) is 0 Å². The van der Waals surface area contributed by atoms with Gasteiger partial charge >= 0.3 is 5.97 Å². The average molecular weight is 278 g/mol. The molecule has 0 unspecified atom stereocenters. The van der Waals surface area contributed by atoms with Gasteiger partial charge < -0.3 is 21.0 Å². The molecule has 1 atom stereocenters. The number of aliphatic hydroxyl groups is 1. The monoisotopic (exact) mass is 278 g/mol. The second-order valence-corrected chi connectivity index (χ2v) is 4.58. The summed E-state index contributed by atoms with van der Waals surface area (Å²) in [4.78, 5) is 11.6. The molecule has 0 aliphatic rings. The van der Waals surface area contributed by atoms with Gasteiger partial charge in [-0.15, -0.1) is 0 Å². The van der Waals surface area contributed by atoms with Gasteiger partial charge in [0.25, 0.3) is 0 Å². The summed E-state index contributed by atoms with van der Waals surface area (Å²) in [6.45, 7) is 0.800. The van der Waals surface area contributed by atoms with Crippen molar-refractivity contribution in [1.29, 1.82) is 5.41 Å². The fraction of sp³-hybridized carbons (Fsp3) is 0.467. The summed E-state index contributed by atoms with van der Waals surface area (Å²) in [6.07, 6.45) is 1.45. The number of carbonyl (C=O) groups excluding carboxylic acids is 1. The Bertz CT molecular complexity index is 420. The third kappa shape index (κ3) is 5.95. The number of benzene rings is 1. The van der Waals surface area contributed by atoms with E-state index in [1.807, 2.05) is 6.07 Å². The molecule has 0 amide bonds. The number of carbonyl (C=O) groups is 1. The highest BCUT2D eigenvalue weighted by Crippen LogP contribution is 2.13. The SMILES string of the molecule is N=C(CCCN)CCCOC(=O)[C@H](O)c1ccccc1. The van der Waals surface area contributed by atoms with Crippen molar-refractivity contribution < 1.29 is 14.6 Å². The Morgan fingerprint density at radius 1 is 1.25 bits per heavy atom. The predicted octanol–water partition coefficient (Wildman–Crippen LogP) is 1.80.